The number of rotatable bonds is 1. The minimum atomic E-state index is 0.805. The van der Waals surface area contributed by atoms with E-state index in [1.165, 1.54) is 12.8 Å². The molecule has 0 amide bonds. The highest BCUT2D eigenvalue weighted by molar-refractivity contribution is 5.08. The molecule has 0 aromatic rings. The molecule has 1 aliphatic carbocycles. The third kappa shape index (κ3) is 1.42. The lowest BCUT2D eigenvalue weighted by atomic mass is 9.80. The number of hydrogen-bond donors (Lipinski definition) is 0. The number of nitrogens with zero attached hydrogens (tertiary/aromatic N) is 1. The zero-order chi connectivity index (χ0) is 7.68. The number of hydrogen-bond acceptors (Lipinski definition) is 2. The summed E-state index contributed by atoms with van der Waals surface area (Å²) in [6.45, 7) is 6.43. The van der Waals surface area contributed by atoms with Gasteiger partial charge >= 0.3 is 0 Å². The van der Waals surface area contributed by atoms with E-state index in [0.29, 0.717) is 0 Å². The maximum Gasteiger partial charge on any atom is 0.0594 e. The van der Waals surface area contributed by atoms with Crippen molar-refractivity contribution in [2.24, 2.45) is 0 Å². The number of ether oxygens (including phenoxy) is 1. The Morgan fingerprint density at radius 3 is 2.55 bits per heavy atom. The summed E-state index contributed by atoms with van der Waals surface area (Å²) in [6.07, 6.45) is 2.73. The van der Waals surface area contributed by atoms with Gasteiger partial charge in [0.1, 0.15) is 0 Å². The molecule has 2 heteroatoms. The van der Waals surface area contributed by atoms with Gasteiger partial charge in [0.15, 0.2) is 0 Å². The maximum absolute atomic E-state index is 5.30. The van der Waals surface area contributed by atoms with Crippen molar-refractivity contribution >= 4 is 0 Å². The Labute approximate surface area is 68.5 Å². The van der Waals surface area contributed by atoms with Crippen molar-refractivity contribution in [3.63, 3.8) is 0 Å². The van der Waals surface area contributed by atoms with E-state index in [1.807, 2.05) is 0 Å². The van der Waals surface area contributed by atoms with Crippen LogP contribution in [0.1, 0.15) is 19.8 Å². The molecule has 2 nitrogen and oxygen atoms in total. The zero-order valence-corrected chi connectivity index (χ0v) is 7.18. The molecule has 0 N–H and O–H groups in total. The van der Waals surface area contributed by atoms with Gasteiger partial charge in [0, 0.05) is 19.1 Å². The lowest BCUT2D eigenvalue weighted by molar-refractivity contribution is 0.00647. The van der Waals surface area contributed by atoms with Gasteiger partial charge in [-0.05, 0) is 18.8 Å². The van der Waals surface area contributed by atoms with Crippen molar-refractivity contribution in [1.82, 2.24) is 4.90 Å². The van der Waals surface area contributed by atoms with Crippen molar-refractivity contribution in [2.75, 3.05) is 26.3 Å². The van der Waals surface area contributed by atoms with Crippen LogP contribution in [0, 0.1) is 5.92 Å². The highest BCUT2D eigenvalue weighted by atomic mass is 16.5. The standard InChI is InChI=1S/C9H16NO/c1-8-2-3-9(8)10-4-6-11-7-5-10/h9H,2-7H2,1H3. The molecule has 1 unspecified atom stereocenters. The predicted molar refractivity (Wildman–Crippen MR) is 44.3 cm³/mol. The highest BCUT2D eigenvalue weighted by Crippen LogP contribution is 2.33. The van der Waals surface area contributed by atoms with Crippen LogP contribution in [0.15, 0.2) is 0 Å². The molecule has 1 radical (unpaired) electrons. The van der Waals surface area contributed by atoms with Gasteiger partial charge in [0.25, 0.3) is 0 Å². The normalized spacial score (nSPS) is 35.2. The molecule has 2 rings (SSSR count). The summed E-state index contributed by atoms with van der Waals surface area (Å²) in [5.74, 6) is 1.67. The van der Waals surface area contributed by atoms with Gasteiger partial charge in [-0.2, -0.15) is 0 Å². The van der Waals surface area contributed by atoms with Crippen LogP contribution >= 0.6 is 0 Å². The van der Waals surface area contributed by atoms with Crippen molar-refractivity contribution < 1.29 is 4.74 Å². The Morgan fingerprint density at radius 2 is 2.09 bits per heavy atom. The van der Waals surface area contributed by atoms with Crippen LogP contribution in [0.4, 0.5) is 0 Å². The van der Waals surface area contributed by atoms with Crippen molar-refractivity contribution in [3.8, 4) is 0 Å². The average Bonchev–Trinajstić information content (AvgIpc) is 2.04. The minimum absolute atomic E-state index is 0.805. The van der Waals surface area contributed by atoms with Crippen molar-refractivity contribution in [3.05, 3.63) is 5.92 Å². The van der Waals surface area contributed by atoms with E-state index in [-0.39, 0.29) is 0 Å². The molecule has 0 bridgehead atoms. The van der Waals surface area contributed by atoms with Crippen LogP contribution in [0.3, 0.4) is 0 Å². The van der Waals surface area contributed by atoms with Crippen molar-refractivity contribution in [2.45, 2.75) is 25.8 Å². The zero-order valence-electron chi connectivity index (χ0n) is 7.18. The smallest absolute Gasteiger partial charge is 0.0594 e. The van der Waals surface area contributed by atoms with Crippen LogP contribution in [0.2, 0.25) is 0 Å². The van der Waals surface area contributed by atoms with Gasteiger partial charge in [-0.25, -0.2) is 0 Å². The van der Waals surface area contributed by atoms with Crippen LogP contribution in [-0.4, -0.2) is 37.2 Å². The molecule has 2 aliphatic rings. The molecule has 2 fully saturated rings. The molecule has 11 heavy (non-hydrogen) atoms. The molecule has 63 valence electrons. The van der Waals surface area contributed by atoms with Gasteiger partial charge in [-0.15, -0.1) is 0 Å². The molecule has 0 aromatic heterocycles. The Kier molecular flexibility index (Phi) is 2.14. The van der Waals surface area contributed by atoms with Crippen LogP contribution in [0.5, 0.6) is 0 Å². The Morgan fingerprint density at radius 1 is 1.36 bits per heavy atom. The summed E-state index contributed by atoms with van der Waals surface area (Å²) < 4.78 is 5.30. The maximum atomic E-state index is 5.30. The minimum Gasteiger partial charge on any atom is -0.379 e. The van der Waals surface area contributed by atoms with E-state index in [4.69, 9.17) is 4.74 Å². The van der Waals surface area contributed by atoms with E-state index < -0.39 is 0 Å². The lowest BCUT2D eigenvalue weighted by Crippen LogP contribution is -2.49. The SMILES string of the molecule is C[C]1CCC1N1CCOCC1. The monoisotopic (exact) mass is 154 g/mol. The van der Waals surface area contributed by atoms with E-state index in [0.717, 1.165) is 32.3 Å². The highest BCUT2D eigenvalue weighted by Gasteiger charge is 2.32. The van der Waals surface area contributed by atoms with Crippen molar-refractivity contribution in [1.29, 1.82) is 0 Å². The molecule has 1 saturated carbocycles. The third-order valence-corrected chi connectivity index (χ3v) is 2.87. The summed E-state index contributed by atoms with van der Waals surface area (Å²) in [5.41, 5.74) is 0. The molecular formula is C9H16NO. The average molecular weight is 154 g/mol. The third-order valence-electron chi connectivity index (χ3n) is 2.87. The van der Waals surface area contributed by atoms with E-state index in [1.54, 1.807) is 5.92 Å². The number of morpholine rings is 1. The summed E-state index contributed by atoms with van der Waals surface area (Å²) in [6, 6.07) is 0.805. The van der Waals surface area contributed by atoms with E-state index in [2.05, 4.69) is 11.8 Å². The van der Waals surface area contributed by atoms with Gasteiger partial charge in [-0.3, -0.25) is 4.90 Å². The molecule has 1 heterocycles. The first-order valence-corrected chi connectivity index (χ1v) is 4.52. The first kappa shape index (κ1) is 7.56. The topological polar surface area (TPSA) is 12.5 Å². The van der Waals surface area contributed by atoms with Crippen LogP contribution < -0.4 is 0 Å². The first-order valence-electron chi connectivity index (χ1n) is 4.52. The second kappa shape index (κ2) is 3.11. The quantitative estimate of drug-likeness (QED) is 0.560. The summed E-state index contributed by atoms with van der Waals surface area (Å²) >= 11 is 0. The predicted octanol–water partition coefficient (Wildman–Crippen LogP) is 1.08. The van der Waals surface area contributed by atoms with Gasteiger partial charge < -0.3 is 4.74 Å². The Hall–Kier alpha value is -0.0800. The fourth-order valence-corrected chi connectivity index (χ4v) is 1.95. The van der Waals surface area contributed by atoms with E-state index in [9.17, 15) is 0 Å². The summed E-state index contributed by atoms with van der Waals surface area (Å²) in [5, 5.41) is 0. The summed E-state index contributed by atoms with van der Waals surface area (Å²) in [4.78, 5) is 2.56. The second-order valence-electron chi connectivity index (χ2n) is 3.55. The molecular weight excluding hydrogens is 138 g/mol. The van der Waals surface area contributed by atoms with Gasteiger partial charge in [-0.1, -0.05) is 6.92 Å². The van der Waals surface area contributed by atoms with Gasteiger partial charge in [0.05, 0.1) is 13.2 Å². The van der Waals surface area contributed by atoms with Crippen LogP contribution in [-0.2, 0) is 4.74 Å². The fourth-order valence-electron chi connectivity index (χ4n) is 1.95. The molecule has 0 spiro atoms. The fraction of sp³-hybridized carbons (Fsp3) is 0.889. The molecule has 1 atom stereocenters. The second-order valence-corrected chi connectivity index (χ2v) is 3.55. The molecule has 0 aromatic carbocycles. The lowest BCUT2D eigenvalue weighted by Gasteiger charge is -2.43. The summed E-state index contributed by atoms with van der Waals surface area (Å²) in [7, 11) is 0. The van der Waals surface area contributed by atoms with E-state index >= 15 is 0 Å². The molecule has 1 aliphatic heterocycles. The largest absolute Gasteiger partial charge is 0.379 e. The van der Waals surface area contributed by atoms with Crippen LogP contribution in [0.25, 0.3) is 0 Å². The Balaban J connectivity index is 1.83. The Bertz CT molecular complexity index is 132. The van der Waals surface area contributed by atoms with Gasteiger partial charge in [0.2, 0.25) is 0 Å². The molecule has 1 saturated heterocycles. The first-order chi connectivity index (χ1) is 5.38.